The van der Waals surface area contributed by atoms with Crippen LogP contribution in [0.4, 0.5) is 0 Å². The molecule has 2 aliphatic heterocycles. The van der Waals surface area contributed by atoms with Gasteiger partial charge in [-0.25, -0.2) is 0 Å². The molecule has 1 saturated heterocycles. The summed E-state index contributed by atoms with van der Waals surface area (Å²) in [7, 11) is 6.73. The third-order valence-corrected chi connectivity index (χ3v) is 17.7. The predicted molar refractivity (Wildman–Crippen MR) is 266 cm³/mol. The zero-order valence-electron chi connectivity index (χ0n) is 36.7. The highest BCUT2D eigenvalue weighted by Gasteiger charge is 2.30. The molecule has 1 saturated carbocycles. The highest BCUT2D eigenvalue weighted by Crippen LogP contribution is 2.46. The molecule has 0 unspecified atom stereocenters. The van der Waals surface area contributed by atoms with Crippen LogP contribution in [0.2, 0.25) is 0 Å². The number of aliphatic hydroxyl groups is 2. The average molecular weight is 944 g/mol. The van der Waals surface area contributed by atoms with Crippen molar-refractivity contribution in [2.45, 2.75) is 121 Å². The number of benzene rings is 4. The summed E-state index contributed by atoms with van der Waals surface area (Å²) in [5, 5.41) is 60.9. The van der Waals surface area contributed by atoms with Gasteiger partial charge < -0.3 is 40.0 Å². The highest BCUT2D eigenvalue weighted by atomic mass is 33.1. The van der Waals surface area contributed by atoms with Crippen molar-refractivity contribution in [2.24, 2.45) is 11.8 Å². The fourth-order valence-corrected chi connectivity index (χ4v) is 14.3. The van der Waals surface area contributed by atoms with Crippen LogP contribution in [-0.2, 0) is 25.0 Å². The molecular formula is C51H61NO8S4. The molecule has 2 fully saturated rings. The van der Waals surface area contributed by atoms with Gasteiger partial charge in [0.05, 0.1) is 12.2 Å². The Kier molecular flexibility index (Phi) is 16.1. The lowest BCUT2D eigenvalue weighted by molar-refractivity contribution is 0.0190. The SMILES string of the molecule is CC(C)Cc1cc(-c2oc3cc(O)cc(O[C@H]4CC[C@@H](O)CSSCCC[C@H]4O)c3c(=O)c2O)c2c(c1O)Cc1cccc(c1)[C@@H](N[C@H]1CCC[C@H](Cc3ccccc3)C1)CSSC2. The molecular weight excluding hydrogens is 883 g/mol. The van der Waals surface area contributed by atoms with Crippen LogP contribution in [0.15, 0.2) is 82.0 Å². The van der Waals surface area contributed by atoms with E-state index in [1.54, 1.807) is 43.2 Å². The Morgan fingerprint density at radius 2 is 1.66 bits per heavy atom. The molecule has 8 rings (SSSR count). The average Bonchev–Trinajstić information content (AvgIpc) is 3.32. The maximum Gasteiger partial charge on any atom is 0.238 e. The number of aromatic hydroxyl groups is 3. The third-order valence-electron chi connectivity index (χ3n) is 12.8. The summed E-state index contributed by atoms with van der Waals surface area (Å²) in [6.07, 6.45) is 6.51. The van der Waals surface area contributed by atoms with Gasteiger partial charge in [-0.15, -0.1) is 0 Å². The predicted octanol–water partition coefficient (Wildman–Crippen LogP) is 11.1. The van der Waals surface area contributed by atoms with Gasteiger partial charge in [-0.2, -0.15) is 0 Å². The van der Waals surface area contributed by atoms with Crippen molar-refractivity contribution in [2.75, 3.05) is 17.3 Å². The molecule has 6 atom stereocenters. The van der Waals surface area contributed by atoms with Crippen LogP contribution in [0.3, 0.4) is 0 Å². The van der Waals surface area contributed by atoms with E-state index in [1.165, 1.54) is 36.1 Å². The van der Waals surface area contributed by atoms with Gasteiger partial charge in [0, 0.05) is 64.8 Å². The second kappa shape index (κ2) is 21.9. The Balaban J connectivity index is 1.13. The van der Waals surface area contributed by atoms with Crippen LogP contribution < -0.4 is 15.5 Å². The second-order valence-corrected chi connectivity index (χ2v) is 23.4. The molecule has 1 aromatic heterocycles. The van der Waals surface area contributed by atoms with Gasteiger partial charge >= 0.3 is 0 Å². The van der Waals surface area contributed by atoms with Gasteiger partial charge in [0.1, 0.15) is 34.3 Å². The number of phenols is 2. The summed E-state index contributed by atoms with van der Waals surface area (Å²) in [5.41, 5.74) is 5.65. The Morgan fingerprint density at radius 3 is 2.48 bits per heavy atom. The molecule has 342 valence electrons. The molecule has 1 aliphatic carbocycles. The quantitative estimate of drug-likeness (QED) is 0.0778. The molecule has 64 heavy (non-hydrogen) atoms. The number of hydrogen-bond acceptors (Lipinski definition) is 13. The summed E-state index contributed by atoms with van der Waals surface area (Å²) in [4.78, 5) is 14.4. The van der Waals surface area contributed by atoms with E-state index < -0.39 is 29.5 Å². The topological polar surface area (TPSA) is 153 Å². The van der Waals surface area contributed by atoms with Crippen LogP contribution in [0, 0.1) is 11.8 Å². The Labute approximate surface area is 392 Å². The van der Waals surface area contributed by atoms with Gasteiger partial charge in [0.25, 0.3) is 0 Å². The molecule has 6 N–H and O–H groups in total. The molecule has 3 heterocycles. The number of fused-ring (bicyclic) bond motifs is 4. The van der Waals surface area contributed by atoms with Gasteiger partial charge in [-0.05, 0) is 97.1 Å². The Bertz CT molecular complexity index is 2430. The molecule has 0 radical (unpaired) electrons. The first-order chi connectivity index (χ1) is 31.0. The minimum atomic E-state index is -0.881. The van der Waals surface area contributed by atoms with E-state index in [0.717, 1.165) is 53.9 Å². The number of hydrogen-bond donors (Lipinski definition) is 6. The monoisotopic (exact) mass is 943 g/mol. The molecule has 13 heteroatoms. The zero-order chi connectivity index (χ0) is 44.7. The first-order valence-electron chi connectivity index (χ1n) is 22.8. The lowest BCUT2D eigenvalue weighted by atomic mass is 9.81. The summed E-state index contributed by atoms with van der Waals surface area (Å²) in [5.74, 6) is 2.84. The van der Waals surface area contributed by atoms with Crippen LogP contribution in [-0.4, -0.2) is 67.1 Å². The molecule has 9 nitrogen and oxygen atoms in total. The molecule has 3 aliphatic rings. The van der Waals surface area contributed by atoms with Crippen molar-refractivity contribution in [3.8, 4) is 34.3 Å². The van der Waals surface area contributed by atoms with E-state index in [0.29, 0.717) is 66.7 Å². The zero-order valence-corrected chi connectivity index (χ0v) is 39.9. The summed E-state index contributed by atoms with van der Waals surface area (Å²) < 4.78 is 12.9. The number of rotatable bonds is 9. The maximum absolute atomic E-state index is 14.4. The van der Waals surface area contributed by atoms with Crippen LogP contribution in [0.1, 0.15) is 105 Å². The van der Waals surface area contributed by atoms with E-state index in [2.05, 4.69) is 73.8 Å². The largest absolute Gasteiger partial charge is 0.508 e. The first kappa shape index (κ1) is 47.1. The molecule has 4 aromatic carbocycles. The molecule has 2 bridgehead atoms. The van der Waals surface area contributed by atoms with Gasteiger partial charge in [-0.3, -0.25) is 4.79 Å². The van der Waals surface area contributed by atoms with Gasteiger partial charge in [-0.1, -0.05) is 124 Å². The smallest absolute Gasteiger partial charge is 0.238 e. The van der Waals surface area contributed by atoms with Crippen LogP contribution in [0.25, 0.3) is 22.3 Å². The van der Waals surface area contributed by atoms with Crippen molar-refractivity contribution in [1.29, 1.82) is 0 Å². The highest BCUT2D eigenvalue weighted by molar-refractivity contribution is 8.76. The summed E-state index contributed by atoms with van der Waals surface area (Å²) in [6, 6.07) is 24.5. The van der Waals surface area contributed by atoms with Crippen molar-refractivity contribution in [3.63, 3.8) is 0 Å². The standard InChI is InChI=1S/C51H61NO8S4/c1-30(2)19-35-24-40(51-50(58)49(57)47-45(25-38(54)26-46(47)60-51)59-44-17-16-37(53)27-62-61-18-8-15-43(44)55)41-28-63-64-29-42(34-13-6-11-33(21-34)23-39(41)48(35)56)52-36-14-7-12-32(22-36)20-31-9-4-3-5-10-31/h3-6,9-11,13,21,24-26,30,32,36-37,42-44,52-56,58H,7-8,12,14-20,22-23,27-29H2,1-2H3/t32-,36+,37-,42+,43-,44+/m1/s1. The Hall–Kier alpha value is -3.43. The van der Waals surface area contributed by atoms with E-state index in [9.17, 15) is 30.3 Å². The van der Waals surface area contributed by atoms with Crippen molar-refractivity contribution < 1.29 is 34.7 Å². The van der Waals surface area contributed by atoms with Crippen molar-refractivity contribution in [1.82, 2.24) is 5.32 Å². The minimum Gasteiger partial charge on any atom is -0.508 e. The number of phenolic OH excluding ortho intramolecular Hbond substituents is 2. The number of aliphatic hydroxyl groups excluding tert-OH is 2. The van der Waals surface area contributed by atoms with Crippen molar-refractivity contribution in [3.05, 3.63) is 116 Å². The fraction of sp³-hybridized carbons (Fsp3) is 0.471. The van der Waals surface area contributed by atoms with Crippen molar-refractivity contribution >= 4 is 54.1 Å². The van der Waals surface area contributed by atoms with E-state index in [1.807, 2.05) is 6.07 Å². The summed E-state index contributed by atoms with van der Waals surface area (Å²) >= 11 is 0. The van der Waals surface area contributed by atoms with Gasteiger partial charge in [0.2, 0.25) is 11.2 Å². The summed E-state index contributed by atoms with van der Waals surface area (Å²) in [6.45, 7) is 4.17. The minimum absolute atomic E-state index is 0.0109. The first-order valence-corrected chi connectivity index (χ1v) is 27.8. The fourth-order valence-electron chi connectivity index (χ4n) is 9.61. The maximum atomic E-state index is 14.4. The normalized spacial score (nSPS) is 23.8. The lowest BCUT2D eigenvalue weighted by Gasteiger charge is -2.33. The van der Waals surface area contributed by atoms with Crippen LogP contribution >= 0.6 is 43.2 Å². The Morgan fingerprint density at radius 1 is 0.828 bits per heavy atom. The second-order valence-electron chi connectivity index (χ2n) is 18.2. The van der Waals surface area contributed by atoms with Gasteiger partial charge in [0.15, 0.2) is 5.76 Å². The lowest BCUT2D eigenvalue weighted by Crippen LogP contribution is -2.38. The van der Waals surface area contributed by atoms with E-state index >= 15 is 0 Å². The van der Waals surface area contributed by atoms with Crippen LogP contribution in [0.5, 0.6) is 23.0 Å². The third kappa shape index (κ3) is 11.6. The molecule has 5 aromatic rings. The molecule has 0 amide bonds. The van der Waals surface area contributed by atoms with E-state index in [-0.39, 0.29) is 45.9 Å². The number of nitrogens with one attached hydrogen (secondary N) is 1. The molecule has 0 spiro atoms. The van der Waals surface area contributed by atoms with E-state index in [4.69, 9.17) is 9.15 Å². The number of ether oxygens (including phenoxy) is 1.